The molecule has 0 aliphatic carbocycles. The molecule has 0 spiro atoms. The van der Waals surface area contributed by atoms with Crippen LogP contribution in [0.5, 0.6) is 0 Å². The molecule has 0 unspecified atom stereocenters. The van der Waals surface area contributed by atoms with Gasteiger partial charge in [0, 0.05) is 24.3 Å². The molecule has 8 heteroatoms. The van der Waals surface area contributed by atoms with Crippen molar-refractivity contribution in [1.29, 1.82) is 0 Å². The maximum absolute atomic E-state index is 12.3. The molecule has 28 heavy (non-hydrogen) atoms. The second-order valence-corrected chi connectivity index (χ2v) is 6.43. The zero-order valence-corrected chi connectivity index (χ0v) is 16.1. The van der Waals surface area contributed by atoms with Gasteiger partial charge < -0.3 is 16.0 Å². The molecule has 0 radical (unpaired) electrons. The van der Waals surface area contributed by atoms with E-state index in [-0.39, 0.29) is 11.9 Å². The van der Waals surface area contributed by atoms with E-state index < -0.39 is 0 Å². The molecule has 0 bridgehead atoms. The predicted octanol–water partition coefficient (Wildman–Crippen LogP) is 3.65. The number of aryl methyl sites for hydroxylation is 1. The van der Waals surface area contributed by atoms with Gasteiger partial charge in [-0.2, -0.15) is 15.0 Å². The fraction of sp³-hybridized carbons (Fsp3) is 0.250. The number of carbonyl (C=O) groups excluding carboxylic acids is 1. The Morgan fingerprint density at radius 2 is 1.75 bits per heavy atom. The van der Waals surface area contributed by atoms with Crippen molar-refractivity contribution in [3.63, 3.8) is 0 Å². The predicted molar refractivity (Wildman–Crippen MR) is 110 cm³/mol. The second kappa shape index (κ2) is 8.90. The minimum Gasteiger partial charge on any atom is -0.352 e. The number of anilines is 4. The summed E-state index contributed by atoms with van der Waals surface area (Å²) in [6, 6.07) is 12.9. The minimum atomic E-state index is -0.220. The van der Waals surface area contributed by atoms with Crippen LogP contribution in [0, 0.1) is 0 Å². The molecule has 0 fully saturated rings. The van der Waals surface area contributed by atoms with Crippen molar-refractivity contribution in [3.8, 4) is 0 Å². The van der Waals surface area contributed by atoms with Crippen LogP contribution < -0.4 is 16.0 Å². The van der Waals surface area contributed by atoms with Crippen LogP contribution in [0.3, 0.4) is 0 Å². The molecule has 3 rings (SSSR count). The summed E-state index contributed by atoms with van der Waals surface area (Å²) in [4.78, 5) is 29.7. The molecule has 0 saturated heterocycles. The lowest BCUT2D eigenvalue weighted by molar-refractivity contribution is 0.102. The van der Waals surface area contributed by atoms with Crippen molar-refractivity contribution in [2.45, 2.75) is 33.2 Å². The van der Waals surface area contributed by atoms with Crippen LogP contribution in [0.25, 0.3) is 0 Å². The van der Waals surface area contributed by atoms with Crippen LogP contribution in [0.1, 0.15) is 37.0 Å². The SMILES string of the molecule is CCc1nc(Nc2ccc(C(=O)Nc3ccccc3)cn2)nc(NC(C)C)n1. The molecular formula is C20H23N7O. The Morgan fingerprint density at radius 1 is 1.00 bits per heavy atom. The van der Waals surface area contributed by atoms with E-state index in [0.29, 0.717) is 35.5 Å². The Labute approximate surface area is 163 Å². The molecule has 1 aromatic carbocycles. The van der Waals surface area contributed by atoms with Gasteiger partial charge in [-0.1, -0.05) is 25.1 Å². The van der Waals surface area contributed by atoms with Gasteiger partial charge in [-0.25, -0.2) is 4.98 Å². The first-order valence-corrected chi connectivity index (χ1v) is 9.14. The van der Waals surface area contributed by atoms with E-state index in [1.54, 1.807) is 12.1 Å². The average molecular weight is 377 g/mol. The van der Waals surface area contributed by atoms with E-state index in [0.717, 1.165) is 5.69 Å². The number of rotatable bonds is 7. The minimum absolute atomic E-state index is 0.209. The smallest absolute Gasteiger partial charge is 0.257 e. The van der Waals surface area contributed by atoms with Gasteiger partial charge in [-0.15, -0.1) is 0 Å². The van der Waals surface area contributed by atoms with Gasteiger partial charge in [0.05, 0.1) is 5.56 Å². The lowest BCUT2D eigenvalue weighted by Gasteiger charge is -2.11. The van der Waals surface area contributed by atoms with Crippen molar-refractivity contribution < 1.29 is 4.79 Å². The standard InChI is InChI=1S/C20H23N7O/c1-4-16-24-19(22-13(2)3)27-20(25-16)26-17-11-10-14(12-21-17)18(28)23-15-8-6-5-7-9-15/h5-13H,4H2,1-3H3,(H,23,28)(H2,21,22,24,25,26,27). The third-order valence-electron chi connectivity index (χ3n) is 3.71. The number of para-hydroxylation sites is 1. The van der Waals surface area contributed by atoms with Crippen LogP contribution in [-0.4, -0.2) is 31.9 Å². The Hall–Kier alpha value is -3.55. The van der Waals surface area contributed by atoms with E-state index >= 15 is 0 Å². The number of pyridine rings is 1. The lowest BCUT2D eigenvalue weighted by atomic mass is 10.2. The number of carbonyl (C=O) groups is 1. The van der Waals surface area contributed by atoms with Gasteiger partial charge in [-0.3, -0.25) is 4.79 Å². The highest BCUT2D eigenvalue weighted by Gasteiger charge is 2.09. The monoisotopic (exact) mass is 377 g/mol. The van der Waals surface area contributed by atoms with Crippen LogP contribution in [0.15, 0.2) is 48.7 Å². The Bertz CT molecular complexity index is 927. The van der Waals surface area contributed by atoms with E-state index in [4.69, 9.17) is 0 Å². The van der Waals surface area contributed by atoms with Gasteiger partial charge in [0.15, 0.2) is 0 Å². The lowest BCUT2D eigenvalue weighted by Crippen LogP contribution is -2.15. The van der Waals surface area contributed by atoms with Crippen molar-refractivity contribution in [2.24, 2.45) is 0 Å². The Kier molecular flexibility index (Phi) is 6.11. The molecule has 8 nitrogen and oxygen atoms in total. The summed E-state index contributed by atoms with van der Waals surface area (Å²) in [5.41, 5.74) is 1.19. The second-order valence-electron chi connectivity index (χ2n) is 6.43. The van der Waals surface area contributed by atoms with Crippen LogP contribution in [0.2, 0.25) is 0 Å². The molecule has 2 heterocycles. The van der Waals surface area contributed by atoms with Crippen molar-refractivity contribution in [1.82, 2.24) is 19.9 Å². The van der Waals surface area contributed by atoms with E-state index in [9.17, 15) is 4.79 Å². The van der Waals surface area contributed by atoms with Gasteiger partial charge in [-0.05, 0) is 38.1 Å². The zero-order chi connectivity index (χ0) is 19.9. The fourth-order valence-electron chi connectivity index (χ4n) is 2.40. The van der Waals surface area contributed by atoms with Gasteiger partial charge in [0.2, 0.25) is 11.9 Å². The Balaban J connectivity index is 1.71. The van der Waals surface area contributed by atoms with Crippen molar-refractivity contribution in [3.05, 3.63) is 60.0 Å². The molecule has 144 valence electrons. The summed E-state index contributed by atoms with van der Waals surface area (Å²) < 4.78 is 0. The maximum Gasteiger partial charge on any atom is 0.257 e. The van der Waals surface area contributed by atoms with Crippen molar-refractivity contribution in [2.75, 3.05) is 16.0 Å². The summed E-state index contributed by atoms with van der Waals surface area (Å²) in [5.74, 6) is 1.92. The summed E-state index contributed by atoms with van der Waals surface area (Å²) in [6.45, 7) is 6.02. The molecule has 2 aromatic heterocycles. The number of benzene rings is 1. The molecule has 1 amide bonds. The molecular weight excluding hydrogens is 354 g/mol. The molecule has 0 saturated carbocycles. The largest absolute Gasteiger partial charge is 0.352 e. The first kappa shape index (κ1) is 19.2. The Morgan fingerprint density at radius 3 is 2.39 bits per heavy atom. The first-order chi connectivity index (χ1) is 13.5. The number of aromatic nitrogens is 4. The third kappa shape index (κ3) is 5.23. The van der Waals surface area contributed by atoms with Gasteiger partial charge >= 0.3 is 0 Å². The summed E-state index contributed by atoms with van der Waals surface area (Å²) in [7, 11) is 0. The third-order valence-corrected chi connectivity index (χ3v) is 3.71. The quantitative estimate of drug-likeness (QED) is 0.577. The number of hydrogen-bond acceptors (Lipinski definition) is 7. The fourth-order valence-corrected chi connectivity index (χ4v) is 2.40. The zero-order valence-electron chi connectivity index (χ0n) is 16.1. The summed E-state index contributed by atoms with van der Waals surface area (Å²) in [5, 5.41) is 9.07. The van der Waals surface area contributed by atoms with Crippen LogP contribution in [0.4, 0.5) is 23.4 Å². The molecule has 0 atom stereocenters. The number of hydrogen-bond donors (Lipinski definition) is 3. The maximum atomic E-state index is 12.3. The van der Waals surface area contributed by atoms with Crippen LogP contribution in [-0.2, 0) is 6.42 Å². The van der Waals surface area contributed by atoms with Crippen LogP contribution >= 0.6 is 0 Å². The van der Waals surface area contributed by atoms with Crippen molar-refractivity contribution >= 4 is 29.3 Å². The number of amides is 1. The normalized spacial score (nSPS) is 10.6. The van der Waals surface area contributed by atoms with E-state index in [1.165, 1.54) is 6.20 Å². The van der Waals surface area contributed by atoms with Gasteiger partial charge in [0.25, 0.3) is 5.91 Å². The average Bonchev–Trinajstić information content (AvgIpc) is 2.68. The molecule has 3 N–H and O–H groups in total. The first-order valence-electron chi connectivity index (χ1n) is 9.14. The summed E-state index contributed by atoms with van der Waals surface area (Å²) in [6.07, 6.45) is 2.20. The summed E-state index contributed by atoms with van der Waals surface area (Å²) >= 11 is 0. The van der Waals surface area contributed by atoms with E-state index in [1.807, 2.05) is 51.1 Å². The molecule has 0 aliphatic heterocycles. The highest BCUT2D eigenvalue weighted by Crippen LogP contribution is 2.14. The van der Waals surface area contributed by atoms with E-state index in [2.05, 4.69) is 35.9 Å². The highest BCUT2D eigenvalue weighted by atomic mass is 16.1. The highest BCUT2D eigenvalue weighted by molar-refractivity contribution is 6.04. The van der Waals surface area contributed by atoms with Gasteiger partial charge in [0.1, 0.15) is 11.6 Å². The number of nitrogens with one attached hydrogen (secondary N) is 3. The topological polar surface area (TPSA) is 105 Å². The molecule has 0 aliphatic rings. The molecule has 3 aromatic rings. The number of nitrogens with zero attached hydrogens (tertiary/aromatic N) is 4.